The average Bonchev–Trinajstić information content (AvgIpc) is 2.58. The molecule has 5 heteroatoms. The summed E-state index contributed by atoms with van der Waals surface area (Å²) in [5, 5.41) is 10.3. The molecule has 1 N–H and O–H groups in total. The molecule has 0 aromatic carbocycles. The number of rotatable bonds is 4. The highest BCUT2D eigenvalue weighted by Crippen LogP contribution is 2.26. The van der Waals surface area contributed by atoms with Crippen LogP contribution in [-0.2, 0) is 0 Å². The normalized spacial score (nSPS) is 13.9. The molecule has 1 aromatic rings. The molecule has 0 aliphatic carbocycles. The van der Waals surface area contributed by atoms with Crippen LogP contribution < -0.4 is 4.90 Å². The number of nitrogens with zero attached hydrogens (tertiary/aromatic N) is 3. The number of anilines is 1. The van der Waals surface area contributed by atoms with Crippen LogP contribution in [0.15, 0.2) is 0 Å². The lowest BCUT2D eigenvalue weighted by Crippen LogP contribution is -2.37. The van der Waals surface area contributed by atoms with E-state index in [-0.39, 0.29) is 18.1 Å². The Morgan fingerprint density at radius 3 is 2.44 bits per heavy atom. The van der Waals surface area contributed by atoms with Crippen LogP contribution in [0, 0.1) is 12.3 Å². The van der Waals surface area contributed by atoms with Gasteiger partial charge >= 0.3 is 0 Å². The van der Waals surface area contributed by atoms with Gasteiger partial charge in [0.2, 0.25) is 5.13 Å². The highest BCUT2D eigenvalue weighted by Gasteiger charge is 2.23. The molecule has 1 atom stereocenters. The number of aromatic nitrogens is 2. The molecule has 0 bridgehead atoms. The Balaban J connectivity index is 2.73. The average molecular weight is 243 g/mol. The largest absolute Gasteiger partial charge is 0.394 e. The highest BCUT2D eigenvalue weighted by molar-refractivity contribution is 7.09. The molecule has 4 nitrogen and oxygen atoms in total. The maximum absolute atomic E-state index is 9.44. The first-order valence-electron chi connectivity index (χ1n) is 5.47. The monoisotopic (exact) mass is 243 g/mol. The maximum atomic E-state index is 9.44. The van der Waals surface area contributed by atoms with Gasteiger partial charge in [-0.05, 0) is 18.8 Å². The van der Waals surface area contributed by atoms with Crippen molar-refractivity contribution >= 4 is 16.7 Å². The number of hydrogen-bond acceptors (Lipinski definition) is 5. The van der Waals surface area contributed by atoms with Gasteiger partial charge in [-0.25, -0.2) is 4.98 Å². The van der Waals surface area contributed by atoms with Crippen LogP contribution in [0.1, 0.15) is 33.0 Å². The Kier molecular flexibility index (Phi) is 4.27. The standard InChI is InChI=1S/C11H21N3OS/c1-8-12-10(16-13-8)14(5)9(7-15)6-11(2,3)4/h9,15H,6-7H2,1-5H3/t9-/m0/s1. The van der Waals surface area contributed by atoms with Crippen LogP contribution >= 0.6 is 11.5 Å². The fraction of sp³-hybridized carbons (Fsp3) is 0.818. The van der Waals surface area contributed by atoms with Gasteiger partial charge in [-0.2, -0.15) is 4.37 Å². The van der Waals surface area contributed by atoms with Crippen LogP contribution in [0.3, 0.4) is 0 Å². The van der Waals surface area contributed by atoms with Crippen molar-refractivity contribution in [1.82, 2.24) is 9.36 Å². The second-order valence-electron chi connectivity index (χ2n) is 5.34. The van der Waals surface area contributed by atoms with Gasteiger partial charge in [-0.3, -0.25) is 0 Å². The van der Waals surface area contributed by atoms with Gasteiger partial charge in [0.1, 0.15) is 5.82 Å². The van der Waals surface area contributed by atoms with Crippen molar-refractivity contribution in [2.75, 3.05) is 18.6 Å². The van der Waals surface area contributed by atoms with Crippen molar-refractivity contribution in [1.29, 1.82) is 0 Å². The molecule has 0 aliphatic heterocycles. The Bertz CT molecular complexity index is 332. The zero-order valence-electron chi connectivity index (χ0n) is 10.7. The van der Waals surface area contributed by atoms with Crippen molar-refractivity contribution in [2.24, 2.45) is 5.41 Å². The minimum absolute atomic E-state index is 0.104. The molecular formula is C11H21N3OS. The van der Waals surface area contributed by atoms with E-state index in [1.54, 1.807) is 0 Å². The number of aryl methyl sites for hydroxylation is 1. The number of likely N-dealkylation sites (N-methyl/N-ethyl adjacent to an activating group) is 1. The second-order valence-corrected chi connectivity index (χ2v) is 6.07. The summed E-state index contributed by atoms with van der Waals surface area (Å²) in [6.45, 7) is 8.55. The molecule has 0 amide bonds. The van der Waals surface area contributed by atoms with Gasteiger partial charge in [0.15, 0.2) is 0 Å². The summed E-state index contributed by atoms with van der Waals surface area (Å²) < 4.78 is 4.16. The minimum atomic E-state index is 0.104. The lowest BCUT2D eigenvalue weighted by Gasteiger charge is -2.31. The Hall–Kier alpha value is -0.680. The molecule has 1 aromatic heterocycles. The summed E-state index contributed by atoms with van der Waals surface area (Å²) in [6.07, 6.45) is 0.929. The van der Waals surface area contributed by atoms with Crippen molar-refractivity contribution < 1.29 is 5.11 Å². The number of aliphatic hydroxyl groups excluding tert-OH is 1. The van der Waals surface area contributed by atoms with E-state index in [1.807, 2.05) is 18.9 Å². The van der Waals surface area contributed by atoms with Crippen molar-refractivity contribution in [3.05, 3.63) is 5.82 Å². The first-order valence-corrected chi connectivity index (χ1v) is 6.25. The summed E-state index contributed by atoms with van der Waals surface area (Å²) in [6, 6.07) is 0.104. The predicted octanol–water partition coefficient (Wildman–Crippen LogP) is 2.08. The summed E-state index contributed by atoms with van der Waals surface area (Å²) in [5.41, 5.74) is 0.196. The number of hydrogen-bond donors (Lipinski definition) is 1. The quantitative estimate of drug-likeness (QED) is 0.879. The van der Waals surface area contributed by atoms with Crippen LogP contribution in [-0.4, -0.2) is 34.2 Å². The van der Waals surface area contributed by atoms with Gasteiger partial charge < -0.3 is 10.0 Å². The van der Waals surface area contributed by atoms with Gasteiger partial charge in [0.05, 0.1) is 12.6 Å². The predicted molar refractivity (Wildman–Crippen MR) is 68.0 cm³/mol. The van der Waals surface area contributed by atoms with Crippen LogP contribution in [0.5, 0.6) is 0 Å². The van der Waals surface area contributed by atoms with E-state index in [2.05, 4.69) is 30.1 Å². The fourth-order valence-corrected chi connectivity index (χ4v) is 2.32. The van der Waals surface area contributed by atoms with Gasteiger partial charge in [-0.15, -0.1) is 0 Å². The first kappa shape index (κ1) is 13.4. The molecule has 16 heavy (non-hydrogen) atoms. The molecule has 0 saturated heterocycles. The van der Waals surface area contributed by atoms with E-state index < -0.39 is 0 Å². The molecule has 1 rings (SSSR count). The SMILES string of the molecule is Cc1nsc(N(C)[C@H](CO)CC(C)(C)C)n1. The summed E-state index contributed by atoms with van der Waals surface area (Å²) in [5.74, 6) is 0.791. The van der Waals surface area contributed by atoms with E-state index in [1.165, 1.54) is 11.5 Å². The molecule has 0 radical (unpaired) electrons. The second kappa shape index (κ2) is 5.10. The van der Waals surface area contributed by atoms with Crippen LogP contribution in [0.4, 0.5) is 5.13 Å². The lowest BCUT2D eigenvalue weighted by atomic mass is 9.88. The molecule has 0 saturated carbocycles. The molecule has 0 unspecified atom stereocenters. The molecule has 0 aliphatic rings. The first-order chi connectivity index (χ1) is 7.33. The van der Waals surface area contributed by atoms with Gasteiger partial charge in [-0.1, -0.05) is 20.8 Å². The topological polar surface area (TPSA) is 49.2 Å². The van der Waals surface area contributed by atoms with E-state index in [0.29, 0.717) is 0 Å². The van der Waals surface area contributed by atoms with E-state index in [4.69, 9.17) is 0 Å². The van der Waals surface area contributed by atoms with E-state index >= 15 is 0 Å². The molecular weight excluding hydrogens is 222 g/mol. The minimum Gasteiger partial charge on any atom is -0.394 e. The molecule has 92 valence electrons. The van der Waals surface area contributed by atoms with Crippen molar-refractivity contribution in [2.45, 2.75) is 40.2 Å². The number of aliphatic hydroxyl groups is 1. The van der Waals surface area contributed by atoms with Crippen LogP contribution in [0.2, 0.25) is 0 Å². The molecule has 0 spiro atoms. The summed E-state index contributed by atoms with van der Waals surface area (Å²) >= 11 is 1.38. The van der Waals surface area contributed by atoms with Gasteiger partial charge in [0.25, 0.3) is 0 Å². The Labute approximate surface area is 101 Å². The van der Waals surface area contributed by atoms with Crippen molar-refractivity contribution in [3.63, 3.8) is 0 Å². The van der Waals surface area contributed by atoms with Gasteiger partial charge in [0, 0.05) is 18.6 Å². The molecule has 1 heterocycles. The summed E-state index contributed by atoms with van der Waals surface area (Å²) in [7, 11) is 1.96. The Morgan fingerprint density at radius 2 is 2.06 bits per heavy atom. The van der Waals surface area contributed by atoms with E-state index in [9.17, 15) is 5.11 Å². The zero-order valence-corrected chi connectivity index (χ0v) is 11.5. The highest BCUT2D eigenvalue weighted by atomic mass is 32.1. The van der Waals surface area contributed by atoms with Crippen LogP contribution in [0.25, 0.3) is 0 Å². The third-order valence-electron chi connectivity index (χ3n) is 2.43. The smallest absolute Gasteiger partial charge is 0.205 e. The van der Waals surface area contributed by atoms with E-state index in [0.717, 1.165) is 17.4 Å². The lowest BCUT2D eigenvalue weighted by molar-refractivity contribution is 0.220. The van der Waals surface area contributed by atoms with Crippen molar-refractivity contribution in [3.8, 4) is 0 Å². The maximum Gasteiger partial charge on any atom is 0.205 e. The zero-order chi connectivity index (χ0) is 12.3. The summed E-state index contributed by atoms with van der Waals surface area (Å²) in [4.78, 5) is 6.36. The third-order valence-corrected chi connectivity index (χ3v) is 3.32. The Morgan fingerprint density at radius 1 is 1.44 bits per heavy atom. The third kappa shape index (κ3) is 3.72. The fourth-order valence-electron chi connectivity index (χ4n) is 1.62. The molecule has 0 fully saturated rings.